The monoisotopic (exact) mass is 424 g/mol. The molecule has 2 N–H and O–H groups in total. The van der Waals surface area contributed by atoms with E-state index in [2.05, 4.69) is 41.6 Å². The van der Waals surface area contributed by atoms with E-state index in [0.29, 0.717) is 25.2 Å². The van der Waals surface area contributed by atoms with Crippen LogP contribution in [0.15, 0.2) is 29.3 Å². The second-order valence-corrected chi connectivity index (χ2v) is 7.92. The summed E-state index contributed by atoms with van der Waals surface area (Å²) in [5.41, 5.74) is 1.28. The number of likely N-dealkylation sites (tertiary alicyclic amines) is 1. The third kappa shape index (κ3) is 8.51. The molecule has 29 heavy (non-hydrogen) atoms. The number of nitrogens with one attached hydrogen (secondary N) is 2. The third-order valence-corrected chi connectivity index (χ3v) is 5.45. The average molecular weight is 425 g/mol. The highest BCUT2D eigenvalue weighted by Crippen LogP contribution is 2.36. The Balaban J connectivity index is 1.91. The zero-order chi connectivity index (χ0) is 20.9. The van der Waals surface area contributed by atoms with Gasteiger partial charge in [-0.1, -0.05) is 23.7 Å². The molecule has 1 aliphatic rings. The number of benzene rings is 1. The van der Waals surface area contributed by atoms with Crippen molar-refractivity contribution in [1.82, 2.24) is 15.5 Å². The fraction of sp³-hybridized carbons (Fsp3) is 0.682. The minimum absolute atomic E-state index is 0.350. The molecule has 2 rings (SSSR count). The Hall–Kier alpha value is -1.34. The van der Waals surface area contributed by atoms with E-state index >= 15 is 0 Å². The lowest BCUT2D eigenvalue weighted by Gasteiger charge is -2.39. The molecule has 0 radical (unpaired) electrons. The van der Waals surface area contributed by atoms with Gasteiger partial charge in [0, 0.05) is 44.4 Å². The van der Waals surface area contributed by atoms with Gasteiger partial charge in [0.25, 0.3) is 0 Å². The molecule has 0 aromatic heterocycles. The van der Waals surface area contributed by atoms with Gasteiger partial charge in [0.2, 0.25) is 0 Å². The highest BCUT2D eigenvalue weighted by atomic mass is 35.5. The van der Waals surface area contributed by atoms with Crippen molar-refractivity contribution in [1.29, 1.82) is 0 Å². The molecule has 1 aliphatic heterocycles. The summed E-state index contributed by atoms with van der Waals surface area (Å²) in [6, 6.07) is 8.61. The molecule has 1 heterocycles. The summed E-state index contributed by atoms with van der Waals surface area (Å²) < 4.78 is 10.5. The smallest absolute Gasteiger partial charge is 0.191 e. The van der Waals surface area contributed by atoms with E-state index in [1.807, 2.05) is 12.1 Å². The van der Waals surface area contributed by atoms with Gasteiger partial charge in [0.1, 0.15) is 0 Å². The first-order chi connectivity index (χ1) is 14.2. The van der Waals surface area contributed by atoms with Crippen molar-refractivity contribution in [2.24, 2.45) is 10.9 Å². The quantitative estimate of drug-likeness (QED) is 0.324. The van der Waals surface area contributed by atoms with Crippen molar-refractivity contribution >= 4 is 17.6 Å². The van der Waals surface area contributed by atoms with Gasteiger partial charge in [0.15, 0.2) is 5.96 Å². The topological polar surface area (TPSA) is 58.1 Å². The van der Waals surface area contributed by atoms with Gasteiger partial charge in [-0.25, -0.2) is 0 Å². The number of rotatable bonds is 11. The molecule has 7 heteroatoms. The van der Waals surface area contributed by atoms with Crippen LogP contribution in [0.3, 0.4) is 0 Å². The molecule has 1 fully saturated rings. The van der Waals surface area contributed by atoms with Crippen LogP contribution >= 0.6 is 11.6 Å². The van der Waals surface area contributed by atoms with Gasteiger partial charge < -0.3 is 20.1 Å². The molecule has 164 valence electrons. The molecule has 2 unspecified atom stereocenters. The third-order valence-electron chi connectivity index (χ3n) is 5.22. The van der Waals surface area contributed by atoms with Crippen LogP contribution in [0.1, 0.15) is 37.8 Å². The van der Waals surface area contributed by atoms with E-state index in [1.165, 1.54) is 18.4 Å². The zero-order valence-electron chi connectivity index (χ0n) is 18.1. The van der Waals surface area contributed by atoms with Crippen LogP contribution in [-0.4, -0.2) is 71.0 Å². The molecule has 0 saturated carbocycles. The Morgan fingerprint density at radius 3 is 2.90 bits per heavy atom. The largest absolute Gasteiger partial charge is 0.382 e. The van der Waals surface area contributed by atoms with Crippen LogP contribution in [0.5, 0.6) is 0 Å². The predicted molar refractivity (Wildman–Crippen MR) is 121 cm³/mol. The number of piperidine rings is 1. The molecule has 1 saturated heterocycles. The lowest BCUT2D eigenvalue weighted by molar-refractivity contribution is 0.0698. The van der Waals surface area contributed by atoms with Crippen LogP contribution in [0.25, 0.3) is 0 Å². The van der Waals surface area contributed by atoms with Crippen molar-refractivity contribution < 1.29 is 9.47 Å². The molecule has 1 aromatic carbocycles. The van der Waals surface area contributed by atoms with Gasteiger partial charge >= 0.3 is 0 Å². The van der Waals surface area contributed by atoms with Crippen LogP contribution < -0.4 is 10.6 Å². The lowest BCUT2D eigenvalue weighted by Crippen LogP contribution is -2.40. The fourth-order valence-corrected chi connectivity index (χ4v) is 4.04. The van der Waals surface area contributed by atoms with Crippen LogP contribution in [0.4, 0.5) is 0 Å². The number of ether oxygens (including phenoxy) is 2. The first-order valence-electron chi connectivity index (χ1n) is 10.7. The van der Waals surface area contributed by atoms with Gasteiger partial charge in [0.05, 0.1) is 13.2 Å². The molecular formula is C22H37ClN4O2. The number of nitrogens with zero attached hydrogens (tertiary/aromatic N) is 2. The zero-order valence-corrected chi connectivity index (χ0v) is 18.9. The fourth-order valence-electron chi connectivity index (χ4n) is 3.84. The maximum Gasteiger partial charge on any atom is 0.191 e. The Morgan fingerprint density at radius 1 is 1.28 bits per heavy atom. The Kier molecular flexibility index (Phi) is 11.4. The Labute approximate surface area is 181 Å². The van der Waals surface area contributed by atoms with Crippen molar-refractivity contribution in [3.8, 4) is 0 Å². The summed E-state index contributed by atoms with van der Waals surface area (Å²) in [4.78, 5) is 7.33. The van der Waals surface area contributed by atoms with Crippen LogP contribution in [0, 0.1) is 5.92 Å². The molecule has 2 atom stereocenters. The summed E-state index contributed by atoms with van der Waals surface area (Å²) in [6.07, 6.45) is 3.32. The van der Waals surface area contributed by atoms with E-state index in [-0.39, 0.29) is 0 Å². The maximum atomic E-state index is 6.26. The Bertz CT molecular complexity index is 614. The molecule has 0 aliphatic carbocycles. The standard InChI is InChI=1S/C22H37ClN4O2/c1-4-24-22(25-11-7-13-29-15-14-28-3)26-17-19-9-6-12-27(2)21(19)18-8-5-10-20(23)16-18/h5,8,10,16,19,21H,4,6-7,9,11-15,17H2,1-3H3,(H2,24,25,26). The molecule has 0 spiro atoms. The summed E-state index contributed by atoms with van der Waals surface area (Å²) in [6.45, 7) is 7.68. The molecule has 0 bridgehead atoms. The van der Waals surface area contributed by atoms with E-state index in [0.717, 1.165) is 50.2 Å². The number of halogens is 1. The van der Waals surface area contributed by atoms with E-state index in [1.54, 1.807) is 7.11 Å². The molecule has 0 amide bonds. The first-order valence-corrected chi connectivity index (χ1v) is 11.1. The summed E-state index contributed by atoms with van der Waals surface area (Å²) in [7, 11) is 3.89. The van der Waals surface area contributed by atoms with Gasteiger partial charge in [-0.15, -0.1) is 0 Å². The first kappa shape index (κ1) is 23.9. The number of guanidine groups is 1. The Morgan fingerprint density at radius 2 is 2.14 bits per heavy atom. The molecule has 1 aromatic rings. The minimum atomic E-state index is 0.350. The average Bonchev–Trinajstić information content (AvgIpc) is 2.71. The lowest BCUT2D eigenvalue weighted by atomic mass is 9.85. The predicted octanol–water partition coefficient (Wildman–Crippen LogP) is 3.33. The number of hydrogen-bond donors (Lipinski definition) is 2. The second kappa shape index (κ2) is 13.8. The maximum absolute atomic E-state index is 6.26. The summed E-state index contributed by atoms with van der Waals surface area (Å²) in [5, 5.41) is 7.57. The highest BCUT2D eigenvalue weighted by Gasteiger charge is 2.30. The number of aliphatic imine (C=N–C) groups is 1. The highest BCUT2D eigenvalue weighted by molar-refractivity contribution is 6.30. The SMILES string of the molecule is CCNC(=NCC1CCCN(C)C1c1cccc(Cl)c1)NCCCOCCOC. The second-order valence-electron chi connectivity index (χ2n) is 7.49. The van der Waals surface area contributed by atoms with Crippen molar-refractivity contribution in [2.45, 2.75) is 32.2 Å². The number of methoxy groups -OCH3 is 1. The van der Waals surface area contributed by atoms with Crippen molar-refractivity contribution in [3.05, 3.63) is 34.9 Å². The molecular weight excluding hydrogens is 388 g/mol. The van der Waals surface area contributed by atoms with E-state index in [4.69, 9.17) is 26.1 Å². The molecule has 6 nitrogen and oxygen atoms in total. The van der Waals surface area contributed by atoms with Gasteiger partial charge in [-0.3, -0.25) is 9.89 Å². The summed E-state index contributed by atoms with van der Waals surface area (Å²) >= 11 is 6.26. The van der Waals surface area contributed by atoms with Crippen molar-refractivity contribution in [3.63, 3.8) is 0 Å². The van der Waals surface area contributed by atoms with Gasteiger partial charge in [-0.2, -0.15) is 0 Å². The van der Waals surface area contributed by atoms with E-state index in [9.17, 15) is 0 Å². The summed E-state index contributed by atoms with van der Waals surface area (Å²) in [5.74, 6) is 1.35. The van der Waals surface area contributed by atoms with Crippen LogP contribution in [0.2, 0.25) is 5.02 Å². The van der Waals surface area contributed by atoms with E-state index < -0.39 is 0 Å². The van der Waals surface area contributed by atoms with Crippen LogP contribution in [-0.2, 0) is 9.47 Å². The normalized spacial score (nSPS) is 20.6. The number of hydrogen-bond acceptors (Lipinski definition) is 4. The van der Waals surface area contributed by atoms with Gasteiger partial charge in [-0.05, 0) is 63.4 Å². The minimum Gasteiger partial charge on any atom is -0.382 e. The van der Waals surface area contributed by atoms with Crippen molar-refractivity contribution in [2.75, 3.05) is 60.2 Å².